The van der Waals surface area contributed by atoms with Gasteiger partial charge in [0, 0.05) is 6.42 Å². The van der Waals surface area contributed by atoms with Crippen molar-refractivity contribution in [2.45, 2.75) is 18.9 Å². The Labute approximate surface area is 198 Å². The number of methoxy groups -OCH3 is 1. The van der Waals surface area contributed by atoms with E-state index in [-0.39, 0.29) is 18.2 Å². The first-order chi connectivity index (χ1) is 16.1. The molecular weight excluding hydrogens is 434 g/mol. The number of carbonyl (C=O) groups is 2. The summed E-state index contributed by atoms with van der Waals surface area (Å²) < 4.78 is 5.20. The van der Waals surface area contributed by atoms with Gasteiger partial charge in [0.15, 0.2) is 0 Å². The number of ether oxygens (including phenoxy) is 1. The Bertz CT molecular complexity index is 1160. The molecule has 7 heteroatoms. The SMILES string of the molecule is COc1ccc(C=NN(C(=S)Cc2ccccc2)[C@@H]2CC(=O)N(c3ccccc3)C2=O)cc1. The lowest BCUT2D eigenvalue weighted by atomic mass is 10.1. The smallest absolute Gasteiger partial charge is 0.259 e. The zero-order valence-electron chi connectivity index (χ0n) is 18.1. The van der Waals surface area contributed by atoms with E-state index in [1.807, 2.05) is 60.7 Å². The van der Waals surface area contributed by atoms with Gasteiger partial charge in [-0.25, -0.2) is 9.91 Å². The fraction of sp³-hybridized carbons (Fsp3) is 0.154. The Morgan fingerprint density at radius 2 is 1.67 bits per heavy atom. The van der Waals surface area contributed by atoms with Crippen molar-refractivity contribution < 1.29 is 14.3 Å². The molecule has 3 aromatic carbocycles. The molecular formula is C26H23N3O3S. The molecule has 0 radical (unpaired) electrons. The maximum absolute atomic E-state index is 13.3. The van der Waals surface area contributed by atoms with Crippen molar-refractivity contribution in [2.75, 3.05) is 12.0 Å². The quantitative estimate of drug-likeness (QED) is 0.230. The summed E-state index contributed by atoms with van der Waals surface area (Å²) in [5.74, 6) is 0.121. The largest absolute Gasteiger partial charge is 0.497 e. The van der Waals surface area contributed by atoms with Crippen molar-refractivity contribution in [1.29, 1.82) is 0 Å². The van der Waals surface area contributed by atoms with Crippen LogP contribution in [0.2, 0.25) is 0 Å². The standard InChI is InChI=1S/C26H23N3O3S/c1-32-22-14-12-20(13-15-22)18-27-29(25(33)16-19-8-4-2-5-9-19)23-17-24(30)28(26(23)31)21-10-6-3-7-11-21/h2-15,18,23H,16-17H2,1H3/t23-/m1/s1. The monoisotopic (exact) mass is 457 g/mol. The van der Waals surface area contributed by atoms with Crippen LogP contribution in [0.1, 0.15) is 17.5 Å². The summed E-state index contributed by atoms with van der Waals surface area (Å²) in [6.07, 6.45) is 2.07. The van der Waals surface area contributed by atoms with Gasteiger partial charge in [0.2, 0.25) is 5.91 Å². The number of thiocarbonyl (C=S) groups is 1. The molecule has 3 aromatic rings. The molecule has 0 bridgehead atoms. The molecule has 1 atom stereocenters. The summed E-state index contributed by atoms with van der Waals surface area (Å²) in [4.78, 5) is 27.8. The lowest BCUT2D eigenvalue weighted by Crippen LogP contribution is -2.42. The number of para-hydroxylation sites is 1. The Morgan fingerprint density at radius 1 is 1.03 bits per heavy atom. The second-order valence-corrected chi connectivity index (χ2v) is 8.01. The minimum atomic E-state index is -0.802. The van der Waals surface area contributed by atoms with E-state index in [0.29, 0.717) is 17.1 Å². The number of anilines is 1. The average Bonchev–Trinajstić information content (AvgIpc) is 3.14. The van der Waals surface area contributed by atoms with Crippen molar-refractivity contribution in [3.63, 3.8) is 0 Å². The number of carbonyl (C=O) groups excluding carboxylic acids is 2. The van der Waals surface area contributed by atoms with Crippen molar-refractivity contribution in [2.24, 2.45) is 5.10 Å². The molecule has 4 rings (SSSR count). The fourth-order valence-corrected chi connectivity index (χ4v) is 3.99. The summed E-state index contributed by atoms with van der Waals surface area (Å²) in [6, 6.07) is 25.2. The summed E-state index contributed by atoms with van der Waals surface area (Å²) in [5, 5.41) is 6.08. The number of rotatable bonds is 7. The summed E-state index contributed by atoms with van der Waals surface area (Å²) in [7, 11) is 1.61. The van der Waals surface area contributed by atoms with Crippen LogP contribution in [0.25, 0.3) is 0 Å². The maximum atomic E-state index is 13.3. The first-order valence-electron chi connectivity index (χ1n) is 10.5. The summed E-state index contributed by atoms with van der Waals surface area (Å²) >= 11 is 5.71. The Morgan fingerprint density at radius 3 is 2.30 bits per heavy atom. The van der Waals surface area contributed by atoms with Gasteiger partial charge in [-0.15, -0.1) is 0 Å². The number of imide groups is 1. The zero-order chi connectivity index (χ0) is 23.2. The van der Waals surface area contributed by atoms with E-state index in [0.717, 1.165) is 16.9 Å². The Balaban J connectivity index is 1.62. The minimum absolute atomic E-state index is 0.00259. The number of hydrazone groups is 1. The summed E-state index contributed by atoms with van der Waals surface area (Å²) in [5.41, 5.74) is 2.37. The molecule has 1 saturated heterocycles. The molecule has 33 heavy (non-hydrogen) atoms. The Hall–Kier alpha value is -3.84. The molecule has 1 aliphatic heterocycles. The van der Waals surface area contributed by atoms with Crippen LogP contribution < -0.4 is 9.64 Å². The van der Waals surface area contributed by atoms with Crippen molar-refractivity contribution in [3.05, 3.63) is 96.1 Å². The predicted octanol–water partition coefficient (Wildman–Crippen LogP) is 4.23. The third-order valence-corrected chi connectivity index (χ3v) is 5.66. The normalized spacial score (nSPS) is 15.8. The van der Waals surface area contributed by atoms with Crippen LogP contribution in [-0.2, 0) is 16.0 Å². The van der Waals surface area contributed by atoms with Crippen LogP contribution in [0, 0.1) is 0 Å². The molecule has 0 aromatic heterocycles. The van der Waals surface area contributed by atoms with Crippen LogP contribution in [-0.4, -0.2) is 41.2 Å². The molecule has 0 aliphatic carbocycles. The van der Waals surface area contributed by atoms with Crippen LogP contribution in [0.4, 0.5) is 5.69 Å². The van der Waals surface area contributed by atoms with E-state index >= 15 is 0 Å². The van der Waals surface area contributed by atoms with Crippen LogP contribution in [0.5, 0.6) is 5.75 Å². The highest BCUT2D eigenvalue weighted by atomic mass is 32.1. The van der Waals surface area contributed by atoms with Crippen molar-refractivity contribution in [3.8, 4) is 5.75 Å². The van der Waals surface area contributed by atoms with E-state index in [4.69, 9.17) is 17.0 Å². The van der Waals surface area contributed by atoms with Crippen LogP contribution in [0.15, 0.2) is 90.0 Å². The summed E-state index contributed by atoms with van der Waals surface area (Å²) in [6.45, 7) is 0. The number of amides is 2. The topological polar surface area (TPSA) is 62.2 Å². The van der Waals surface area contributed by atoms with E-state index in [9.17, 15) is 9.59 Å². The Kier molecular flexibility index (Phi) is 6.90. The lowest BCUT2D eigenvalue weighted by Gasteiger charge is -2.25. The van der Waals surface area contributed by atoms with Crippen molar-refractivity contribution >= 4 is 40.9 Å². The van der Waals surface area contributed by atoms with Gasteiger partial charge in [-0.05, 0) is 47.5 Å². The first-order valence-corrected chi connectivity index (χ1v) is 10.9. The van der Waals surface area contributed by atoms with E-state index in [1.165, 1.54) is 9.91 Å². The van der Waals surface area contributed by atoms with Crippen LogP contribution in [0.3, 0.4) is 0 Å². The molecule has 0 spiro atoms. The van der Waals surface area contributed by atoms with Gasteiger partial charge < -0.3 is 4.74 Å². The molecule has 0 N–H and O–H groups in total. The van der Waals surface area contributed by atoms with Gasteiger partial charge in [0.1, 0.15) is 16.8 Å². The van der Waals surface area contributed by atoms with Gasteiger partial charge in [-0.2, -0.15) is 5.10 Å². The van der Waals surface area contributed by atoms with Crippen molar-refractivity contribution in [1.82, 2.24) is 5.01 Å². The number of benzene rings is 3. The van der Waals surface area contributed by atoms with Gasteiger partial charge in [0.25, 0.3) is 5.91 Å². The molecule has 2 amide bonds. The highest BCUT2D eigenvalue weighted by Gasteiger charge is 2.43. The molecule has 0 saturated carbocycles. The predicted molar refractivity (Wildman–Crippen MR) is 133 cm³/mol. The molecule has 1 aliphatic rings. The molecule has 1 heterocycles. The average molecular weight is 458 g/mol. The van der Waals surface area contributed by atoms with Crippen LogP contribution >= 0.6 is 12.2 Å². The third kappa shape index (κ3) is 5.15. The number of hydrogen-bond donors (Lipinski definition) is 0. The first kappa shape index (κ1) is 22.4. The second-order valence-electron chi connectivity index (χ2n) is 7.54. The highest BCUT2D eigenvalue weighted by Crippen LogP contribution is 2.26. The number of hydrogen-bond acceptors (Lipinski definition) is 5. The molecule has 0 unspecified atom stereocenters. The highest BCUT2D eigenvalue weighted by molar-refractivity contribution is 7.80. The van der Waals surface area contributed by atoms with Gasteiger partial charge in [-0.1, -0.05) is 60.7 Å². The fourth-order valence-electron chi connectivity index (χ4n) is 3.64. The number of nitrogens with zero attached hydrogens (tertiary/aromatic N) is 3. The van der Waals surface area contributed by atoms with Gasteiger partial charge >= 0.3 is 0 Å². The maximum Gasteiger partial charge on any atom is 0.259 e. The van der Waals surface area contributed by atoms with Gasteiger partial charge in [-0.3, -0.25) is 9.59 Å². The van der Waals surface area contributed by atoms with E-state index in [2.05, 4.69) is 5.10 Å². The molecule has 6 nitrogen and oxygen atoms in total. The minimum Gasteiger partial charge on any atom is -0.497 e. The van der Waals surface area contributed by atoms with E-state index in [1.54, 1.807) is 37.6 Å². The lowest BCUT2D eigenvalue weighted by molar-refractivity contribution is -0.122. The van der Waals surface area contributed by atoms with Gasteiger partial charge in [0.05, 0.1) is 25.4 Å². The zero-order valence-corrected chi connectivity index (χ0v) is 18.9. The van der Waals surface area contributed by atoms with E-state index < -0.39 is 6.04 Å². The third-order valence-electron chi connectivity index (χ3n) is 5.33. The molecule has 166 valence electrons. The second kappa shape index (κ2) is 10.2. The molecule has 1 fully saturated rings.